The number of nitrogens with one attached hydrogen (secondary N) is 1. The van der Waals surface area contributed by atoms with Crippen molar-refractivity contribution >= 4 is 17.1 Å². The van der Waals surface area contributed by atoms with Crippen LogP contribution in [-0.4, -0.2) is 20.1 Å². The third-order valence-electron chi connectivity index (χ3n) is 2.93. The fourth-order valence-corrected chi connectivity index (χ4v) is 1.80. The summed E-state index contributed by atoms with van der Waals surface area (Å²) in [7, 11) is 0. The molecule has 0 unspecified atom stereocenters. The Bertz CT molecular complexity index is 683. The lowest BCUT2D eigenvalue weighted by molar-refractivity contribution is -0.385. The molecule has 3 N–H and O–H groups in total. The first-order chi connectivity index (χ1) is 10.4. The van der Waals surface area contributed by atoms with E-state index in [9.17, 15) is 30.4 Å². The van der Waals surface area contributed by atoms with Crippen molar-refractivity contribution in [2.24, 2.45) is 0 Å². The molecule has 2 aromatic rings. The molecular formula is C13H11N3O6. The van der Waals surface area contributed by atoms with Gasteiger partial charge in [-0.15, -0.1) is 0 Å². The van der Waals surface area contributed by atoms with Gasteiger partial charge in [-0.3, -0.25) is 20.2 Å². The highest BCUT2D eigenvalue weighted by Gasteiger charge is 2.13. The van der Waals surface area contributed by atoms with Crippen LogP contribution in [0.25, 0.3) is 0 Å². The topological polar surface area (TPSA) is 139 Å². The molecule has 0 saturated carbocycles. The first-order valence-corrected chi connectivity index (χ1v) is 6.06. The van der Waals surface area contributed by atoms with Gasteiger partial charge in [0.15, 0.2) is 0 Å². The quantitative estimate of drug-likeness (QED) is 0.438. The Balaban J connectivity index is 2.23. The van der Waals surface area contributed by atoms with Crippen LogP contribution in [0.2, 0.25) is 0 Å². The minimum absolute atomic E-state index is 0.0533. The molecule has 0 spiro atoms. The maximum absolute atomic E-state index is 10.7. The number of benzene rings is 2. The fourth-order valence-electron chi connectivity index (χ4n) is 1.80. The third-order valence-corrected chi connectivity index (χ3v) is 2.93. The molecule has 0 aliphatic carbocycles. The number of rotatable bonds is 5. The molecule has 0 bridgehead atoms. The lowest BCUT2D eigenvalue weighted by atomic mass is 10.1. The van der Waals surface area contributed by atoms with E-state index in [1.54, 1.807) is 0 Å². The number of phenols is 2. The fraction of sp³-hybridized carbons (Fsp3) is 0.0769. The van der Waals surface area contributed by atoms with Crippen LogP contribution in [0.1, 0.15) is 5.56 Å². The van der Waals surface area contributed by atoms with Crippen LogP contribution in [0.3, 0.4) is 0 Å². The molecule has 0 aliphatic heterocycles. The zero-order valence-corrected chi connectivity index (χ0v) is 11.1. The van der Waals surface area contributed by atoms with Gasteiger partial charge in [-0.1, -0.05) is 0 Å². The summed E-state index contributed by atoms with van der Waals surface area (Å²) in [5.41, 5.74) is -0.110. The van der Waals surface area contributed by atoms with Crippen molar-refractivity contribution in [3.05, 3.63) is 62.2 Å². The van der Waals surface area contributed by atoms with E-state index >= 15 is 0 Å². The van der Waals surface area contributed by atoms with Crippen LogP contribution in [0.5, 0.6) is 11.5 Å². The molecule has 9 heteroatoms. The number of aromatic hydroxyl groups is 2. The van der Waals surface area contributed by atoms with Gasteiger partial charge in [-0.2, -0.15) is 0 Å². The predicted molar refractivity (Wildman–Crippen MR) is 76.8 cm³/mol. The van der Waals surface area contributed by atoms with Gasteiger partial charge in [0.05, 0.1) is 15.5 Å². The second-order valence-electron chi connectivity index (χ2n) is 4.38. The van der Waals surface area contributed by atoms with Gasteiger partial charge in [-0.05, 0) is 12.1 Å². The molecule has 0 saturated heterocycles. The SMILES string of the molecule is O=[N+]([O-])c1ccc(O)c(CNc2cc([N+](=O)[O-])ccc2O)c1. The number of non-ortho nitro benzene ring substituents is 2. The van der Waals surface area contributed by atoms with Crippen molar-refractivity contribution < 1.29 is 20.1 Å². The van der Waals surface area contributed by atoms with Gasteiger partial charge in [-0.25, -0.2) is 0 Å². The van der Waals surface area contributed by atoms with Crippen molar-refractivity contribution in [2.75, 3.05) is 5.32 Å². The largest absolute Gasteiger partial charge is 0.508 e. The van der Waals surface area contributed by atoms with Gasteiger partial charge in [0.1, 0.15) is 11.5 Å². The van der Waals surface area contributed by atoms with E-state index in [-0.39, 0.29) is 40.7 Å². The van der Waals surface area contributed by atoms with Crippen LogP contribution in [0.15, 0.2) is 36.4 Å². The highest BCUT2D eigenvalue weighted by molar-refractivity contribution is 5.61. The minimum Gasteiger partial charge on any atom is -0.508 e. The van der Waals surface area contributed by atoms with Crippen molar-refractivity contribution in [1.29, 1.82) is 0 Å². The Labute approximate surface area is 123 Å². The van der Waals surface area contributed by atoms with Crippen LogP contribution in [0.4, 0.5) is 17.1 Å². The number of hydrogen-bond donors (Lipinski definition) is 3. The highest BCUT2D eigenvalue weighted by Crippen LogP contribution is 2.29. The monoisotopic (exact) mass is 305 g/mol. The Kier molecular flexibility index (Phi) is 4.07. The van der Waals surface area contributed by atoms with Gasteiger partial charge >= 0.3 is 0 Å². The summed E-state index contributed by atoms with van der Waals surface area (Å²) < 4.78 is 0. The molecular weight excluding hydrogens is 294 g/mol. The van der Waals surface area contributed by atoms with Crippen LogP contribution in [-0.2, 0) is 6.54 Å². The number of hydrogen-bond acceptors (Lipinski definition) is 7. The number of anilines is 1. The maximum Gasteiger partial charge on any atom is 0.271 e. The summed E-state index contributed by atoms with van der Waals surface area (Å²) in [6.07, 6.45) is 0. The average molecular weight is 305 g/mol. The number of nitro groups is 2. The molecule has 114 valence electrons. The van der Waals surface area contributed by atoms with E-state index in [4.69, 9.17) is 0 Å². The minimum atomic E-state index is -0.616. The van der Waals surface area contributed by atoms with Crippen molar-refractivity contribution in [3.8, 4) is 11.5 Å². The molecule has 0 amide bonds. The second-order valence-corrected chi connectivity index (χ2v) is 4.38. The molecule has 0 fully saturated rings. The van der Waals surface area contributed by atoms with Gasteiger partial charge in [0, 0.05) is 36.4 Å². The van der Waals surface area contributed by atoms with Crippen LogP contribution in [0, 0.1) is 20.2 Å². The lowest BCUT2D eigenvalue weighted by Gasteiger charge is -2.09. The van der Waals surface area contributed by atoms with E-state index in [1.165, 1.54) is 12.1 Å². The molecule has 0 radical (unpaired) electrons. The number of phenolic OH excluding ortho intramolecular Hbond substituents is 2. The molecule has 0 aliphatic rings. The van der Waals surface area contributed by atoms with Gasteiger partial charge in [0.25, 0.3) is 11.4 Å². The Morgan fingerprint density at radius 1 is 0.909 bits per heavy atom. The standard InChI is InChI=1S/C13H11N3O6/c17-12-3-1-9(15(19)20)5-8(12)7-14-11-6-10(16(21)22)2-4-13(11)18/h1-6,14,17-18H,7H2. The van der Waals surface area contributed by atoms with E-state index in [0.29, 0.717) is 0 Å². The van der Waals surface area contributed by atoms with Crippen molar-refractivity contribution in [2.45, 2.75) is 6.54 Å². The maximum atomic E-state index is 10.7. The first-order valence-electron chi connectivity index (χ1n) is 6.06. The normalized spacial score (nSPS) is 10.2. The number of nitrogens with zero attached hydrogens (tertiary/aromatic N) is 2. The zero-order valence-electron chi connectivity index (χ0n) is 11.1. The van der Waals surface area contributed by atoms with E-state index in [2.05, 4.69) is 5.32 Å². The van der Waals surface area contributed by atoms with E-state index < -0.39 is 9.85 Å². The Morgan fingerprint density at radius 3 is 2.05 bits per heavy atom. The van der Waals surface area contributed by atoms with Crippen LogP contribution < -0.4 is 5.32 Å². The van der Waals surface area contributed by atoms with Crippen molar-refractivity contribution in [3.63, 3.8) is 0 Å². The summed E-state index contributed by atoms with van der Waals surface area (Å²) in [4.78, 5) is 20.2. The lowest BCUT2D eigenvalue weighted by Crippen LogP contribution is -2.01. The van der Waals surface area contributed by atoms with Crippen molar-refractivity contribution in [1.82, 2.24) is 0 Å². The Morgan fingerprint density at radius 2 is 1.45 bits per heavy atom. The molecule has 0 atom stereocenters. The summed E-state index contributed by atoms with van der Waals surface area (Å²) in [6.45, 7) is -0.0533. The summed E-state index contributed by atoms with van der Waals surface area (Å²) in [5.74, 6) is -0.376. The summed E-state index contributed by atoms with van der Waals surface area (Å²) in [5, 5.41) is 43.4. The molecule has 2 rings (SSSR count). The van der Waals surface area contributed by atoms with E-state index in [1.807, 2.05) is 0 Å². The Hall–Kier alpha value is -3.36. The molecule has 22 heavy (non-hydrogen) atoms. The third kappa shape index (κ3) is 3.20. The van der Waals surface area contributed by atoms with Gasteiger partial charge < -0.3 is 15.5 Å². The molecule has 0 heterocycles. The van der Waals surface area contributed by atoms with E-state index in [0.717, 1.165) is 24.3 Å². The second kappa shape index (κ2) is 5.95. The first kappa shape index (κ1) is 15.0. The smallest absolute Gasteiger partial charge is 0.271 e. The number of nitro benzene ring substituents is 2. The predicted octanol–water partition coefficient (Wildman–Crippen LogP) is 2.53. The summed E-state index contributed by atoms with van der Waals surface area (Å²) >= 11 is 0. The average Bonchev–Trinajstić information content (AvgIpc) is 2.47. The summed E-state index contributed by atoms with van der Waals surface area (Å²) in [6, 6.07) is 6.95. The molecule has 9 nitrogen and oxygen atoms in total. The van der Waals surface area contributed by atoms with Gasteiger partial charge in [0.2, 0.25) is 0 Å². The molecule has 0 aromatic heterocycles. The highest BCUT2D eigenvalue weighted by atomic mass is 16.6. The molecule has 2 aromatic carbocycles. The zero-order chi connectivity index (χ0) is 16.3. The van der Waals surface area contributed by atoms with Crippen LogP contribution >= 0.6 is 0 Å².